The van der Waals surface area contributed by atoms with Crippen LogP contribution in [0.5, 0.6) is 0 Å². The molecule has 1 aliphatic heterocycles. The third kappa shape index (κ3) is 2.59. The summed E-state index contributed by atoms with van der Waals surface area (Å²) in [7, 11) is -3.55. The Bertz CT molecular complexity index is 516. The van der Waals surface area contributed by atoms with Gasteiger partial charge in [-0.2, -0.15) is 17.8 Å². The van der Waals surface area contributed by atoms with Crippen molar-refractivity contribution in [3.63, 3.8) is 0 Å². The molecular weight excluding hydrogens is 254 g/mol. The maximum Gasteiger partial charge on any atom is 0.302 e. The molecule has 0 radical (unpaired) electrons. The quantitative estimate of drug-likeness (QED) is 0.753. The zero-order chi connectivity index (χ0) is 13.3. The number of hydrogen-bond donors (Lipinski definition) is 3. The molecule has 1 aromatic heterocycles. The van der Waals surface area contributed by atoms with E-state index in [0.717, 1.165) is 12.8 Å². The lowest BCUT2D eigenvalue weighted by atomic mass is 10.0. The highest BCUT2D eigenvalue weighted by Crippen LogP contribution is 2.23. The van der Waals surface area contributed by atoms with Gasteiger partial charge in [-0.3, -0.25) is 9.82 Å². The number of aryl methyl sites for hydroxylation is 1. The summed E-state index contributed by atoms with van der Waals surface area (Å²) in [6.45, 7) is 4.95. The standard InChI is InChI=1S/C10H19N5O2S/c1-7-3-5-15(6-4-7)18(16,17)14-10-9(11)8(2)12-13-10/h7H,3-6,11H2,1-2H3,(H2,12,13,14). The van der Waals surface area contributed by atoms with Gasteiger partial charge >= 0.3 is 10.2 Å². The number of hydrogen-bond acceptors (Lipinski definition) is 4. The van der Waals surface area contributed by atoms with Gasteiger partial charge < -0.3 is 5.73 Å². The van der Waals surface area contributed by atoms with Gasteiger partial charge in [-0.15, -0.1) is 0 Å². The summed E-state index contributed by atoms with van der Waals surface area (Å²) < 4.78 is 28.1. The zero-order valence-electron chi connectivity index (χ0n) is 10.6. The summed E-state index contributed by atoms with van der Waals surface area (Å²) in [6, 6.07) is 0. The molecule has 0 amide bonds. The first-order valence-corrected chi connectivity index (χ1v) is 7.42. The van der Waals surface area contributed by atoms with Gasteiger partial charge in [0.25, 0.3) is 0 Å². The molecule has 0 aromatic carbocycles. The maximum atomic E-state index is 12.1. The van der Waals surface area contributed by atoms with Crippen LogP contribution in [0, 0.1) is 12.8 Å². The Balaban J connectivity index is 2.10. The summed E-state index contributed by atoms with van der Waals surface area (Å²) in [5.41, 5.74) is 6.71. The average molecular weight is 273 g/mol. The van der Waals surface area contributed by atoms with Crippen LogP contribution in [0.25, 0.3) is 0 Å². The monoisotopic (exact) mass is 273 g/mol. The minimum absolute atomic E-state index is 0.172. The van der Waals surface area contributed by atoms with E-state index in [4.69, 9.17) is 5.73 Å². The second-order valence-electron chi connectivity index (χ2n) is 4.80. The van der Waals surface area contributed by atoms with Crippen molar-refractivity contribution in [1.29, 1.82) is 0 Å². The molecule has 102 valence electrons. The number of piperidine rings is 1. The molecule has 0 atom stereocenters. The van der Waals surface area contributed by atoms with Crippen molar-refractivity contribution in [2.75, 3.05) is 23.5 Å². The van der Waals surface area contributed by atoms with Crippen molar-refractivity contribution < 1.29 is 8.42 Å². The van der Waals surface area contributed by atoms with Gasteiger partial charge in [-0.25, -0.2) is 0 Å². The number of aromatic amines is 1. The first-order chi connectivity index (χ1) is 8.40. The van der Waals surface area contributed by atoms with Crippen molar-refractivity contribution in [1.82, 2.24) is 14.5 Å². The molecule has 7 nitrogen and oxygen atoms in total. The van der Waals surface area contributed by atoms with Crippen LogP contribution in [-0.2, 0) is 10.2 Å². The Labute approximate surface area is 107 Å². The van der Waals surface area contributed by atoms with Crippen LogP contribution in [0.4, 0.5) is 11.5 Å². The molecule has 0 saturated carbocycles. The summed E-state index contributed by atoms with van der Waals surface area (Å²) >= 11 is 0. The highest BCUT2D eigenvalue weighted by molar-refractivity contribution is 7.90. The van der Waals surface area contributed by atoms with Crippen LogP contribution in [0.3, 0.4) is 0 Å². The number of nitrogens with two attached hydrogens (primary N) is 1. The first-order valence-electron chi connectivity index (χ1n) is 5.98. The SMILES string of the molecule is Cc1[nH]nc(NS(=O)(=O)N2CCC(C)CC2)c1N. The van der Waals surface area contributed by atoms with Gasteiger partial charge in [0, 0.05) is 13.1 Å². The molecule has 2 heterocycles. The van der Waals surface area contributed by atoms with Crippen LogP contribution >= 0.6 is 0 Å². The molecule has 2 rings (SSSR count). The number of rotatable bonds is 3. The lowest BCUT2D eigenvalue weighted by Gasteiger charge is -2.29. The van der Waals surface area contributed by atoms with E-state index >= 15 is 0 Å². The molecule has 0 unspecified atom stereocenters. The number of aromatic nitrogens is 2. The van der Waals surface area contributed by atoms with Crippen molar-refractivity contribution in [3.05, 3.63) is 5.69 Å². The number of nitrogens with one attached hydrogen (secondary N) is 2. The molecule has 8 heteroatoms. The largest absolute Gasteiger partial charge is 0.394 e. The van der Waals surface area contributed by atoms with Crippen molar-refractivity contribution in [2.45, 2.75) is 26.7 Å². The van der Waals surface area contributed by atoms with Crippen molar-refractivity contribution in [2.24, 2.45) is 5.92 Å². The van der Waals surface area contributed by atoms with E-state index in [1.54, 1.807) is 6.92 Å². The highest BCUT2D eigenvalue weighted by Gasteiger charge is 2.27. The van der Waals surface area contributed by atoms with Gasteiger partial charge in [-0.05, 0) is 25.7 Å². The van der Waals surface area contributed by atoms with E-state index < -0.39 is 10.2 Å². The predicted molar refractivity (Wildman–Crippen MR) is 70.3 cm³/mol. The summed E-state index contributed by atoms with van der Waals surface area (Å²) in [4.78, 5) is 0. The van der Waals surface area contributed by atoms with Gasteiger partial charge in [0.15, 0.2) is 5.82 Å². The van der Waals surface area contributed by atoms with Crippen LogP contribution in [-0.4, -0.2) is 36.0 Å². The molecule has 1 aliphatic rings. The number of H-pyrrole nitrogens is 1. The van der Waals surface area contributed by atoms with E-state index in [9.17, 15) is 8.42 Å². The minimum atomic E-state index is -3.55. The third-order valence-electron chi connectivity index (χ3n) is 3.30. The molecule has 0 aliphatic carbocycles. The lowest BCUT2D eigenvalue weighted by molar-refractivity contribution is 0.289. The Morgan fingerprint density at radius 3 is 2.56 bits per heavy atom. The number of nitrogen functional groups attached to an aromatic ring is 1. The summed E-state index contributed by atoms with van der Waals surface area (Å²) in [6.07, 6.45) is 1.77. The third-order valence-corrected chi connectivity index (χ3v) is 4.80. The van der Waals surface area contributed by atoms with E-state index in [0.29, 0.717) is 30.4 Å². The predicted octanol–water partition coefficient (Wildman–Crippen LogP) is 0.689. The second-order valence-corrected chi connectivity index (χ2v) is 6.47. The van der Waals surface area contributed by atoms with Crippen LogP contribution in [0.2, 0.25) is 0 Å². The molecule has 1 fully saturated rings. The zero-order valence-corrected chi connectivity index (χ0v) is 11.4. The molecule has 0 spiro atoms. The van der Waals surface area contributed by atoms with Crippen LogP contribution in [0.15, 0.2) is 0 Å². The second kappa shape index (κ2) is 4.77. The molecule has 18 heavy (non-hydrogen) atoms. The number of anilines is 2. The summed E-state index contributed by atoms with van der Waals surface area (Å²) in [5.74, 6) is 0.750. The number of nitrogens with zero attached hydrogens (tertiary/aromatic N) is 2. The fraction of sp³-hybridized carbons (Fsp3) is 0.700. The van der Waals surface area contributed by atoms with E-state index in [1.165, 1.54) is 4.31 Å². The van der Waals surface area contributed by atoms with Crippen molar-refractivity contribution >= 4 is 21.7 Å². The van der Waals surface area contributed by atoms with Crippen LogP contribution < -0.4 is 10.5 Å². The smallest absolute Gasteiger partial charge is 0.302 e. The molecule has 0 bridgehead atoms. The van der Waals surface area contributed by atoms with E-state index in [-0.39, 0.29) is 5.82 Å². The fourth-order valence-corrected chi connectivity index (χ4v) is 3.15. The average Bonchev–Trinajstić information content (AvgIpc) is 2.61. The fourth-order valence-electron chi connectivity index (χ4n) is 1.93. The minimum Gasteiger partial charge on any atom is -0.394 e. The molecule has 1 aromatic rings. The van der Waals surface area contributed by atoms with Crippen molar-refractivity contribution in [3.8, 4) is 0 Å². The van der Waals surface area contributed by atoms with Gasteiger partial charge in [0.1, 0.15) is 0 Å². The van der Waals surface area contributed by atoms with Crippen LogP contribution in [0.1, 0.15) is 25.5 Å². The first kappa shape index (κ1) is 13.2. The highest BCUT2D eigenvalue weighted by atomic mass is 32.2. The maximum absolute atomic E-state index is 12.1. The van der Waals surface area contributed by atoms with E-state index in [1.807, 2.05) is 0 Å². The molecule has 4 N–H and O–H groups in total. The topological polar surface area (TPSA) is 104 Å². The van der Waals surface area contributed by atoms with Gasteiger partial charge in [0.05, 0.1) is 11.4 Å². The van der Waals surface area contributed by atoms with Gasteiger partial charge in [0.2, 0.25) is 0 Å². The Morgan fingerprint density at radius 2 is 2.06 bits per heavy atom. The molecule has 1 saturated heterocycles. The van der Waals surface area contributed by atoms with E-state index in [2.05, 4.69) is 21.8 Å². The lowest BCUT2D eigenvalue weighted by Crippen LogP contribution is -2.41. The Hall–Kier alpha value is -1.28. The summed E-state index contributed by atoms with van der Waals surface area (Å²) in [5, 5.41) is 6.49. The van der Waals surface area contributed by atoms with Gasteiger partial charge in [-0.1, -0.05) is 6.92 Å². The Morgan fingerprint density at radius 1 is 1.44 bits per heavy atom. The molecular formula is C10H19N5O2S. The Kier molecular flexibility index (Phi) is 3.49. The normalized spacial score (nSPS) is 19.0.